The van der Waals surface area contributed by atoms with E-state index in [4.69, 9.17) is 22.1 Å². The Morgan fingerprint density at radius 2 is 2.04 bits per heavy atom. The first-order valence-electron chi connectivity index (χ1n) is 8.68. The molecule has 26 heavy (non-hydrogen) atoms. The molecule has 6 nitrogen and oxygen atoms in total. The zero-order valence-electron chi connectivity index (χ0n) is 15.8. The second kappa shape index (κ2) is 7.11. The Kier molecular flexibility index (Phi) is 5.05. The highest BCUT2D eigenvalue weighted by Crippen LogP contribution is 2.34. The van der Waals surface area contributed by atoms with Crippen LogP contribution < -0.4 is 10.5 Å². The fourth-order valence-electron chi connectivity index (χ4n) is 3.29. The summed E-state index contributed by atoms with van der Waals surface area (Å²) in [4.78, 5) is 13.2. The lowest BCUT2D eigenvalue weighted by atomic mass is 10.00. The van der Waals surface area contributed by atoms with Gasteiger partial charge in [0.25, 0.3) is 0 Å². The molecular formula is C19H24ClN5O. The molecule has 7 heteroatoms. The van der Waals surface area contributed by atoms with Gasteiger partial charge in [0.15, 0.2) is 0 Å². The number of hydrogen-bond donors (Lipinski definition) is 1. The van der Waals surface area contributed by atoms with Crippen molar-refractivity contribution in [2.75, 3.05) is 12.8 Å². The first-order chi connectivity index (χ1) is 12.4. The Labute approximate surface area is 158 Å². The third-order valence-corrected chi connectivity index (χ3v) is 5.21. The number of fused-ring (bicyclic) bond motifs is 1. The van der Waals surface area contributed by atoms with Gasteiger partial charge >= 0.3 is 0 Å². The quantitative estimate of drug-likeness (QED) is 0.676. The number of ether oxygens (including phenoxy) is 1. The molecule has 0 amide bonds. The van der Waals surface area contributed by atoms with Gasteiger partial charge in [0, 0.05) is 23.5 Å². The average molecular weight is 374 g/mol. The molecule has 0 aromatic carbocycles. The van der Waals surface area contributed by atoms with Crippen LogP contribution in [0.1, 0.15) is 48.6 Å². The fourth-order valence-corrected chi connectivity index (χ4v) is 3.57. The molecule has 0 aliphatic heterocycles. The standard InChI is InChI=1S/C19H24ClN5O/c1-6-10(2)13-8-25(18-15(13)17(20)23-19(21)24-18)9-14-12(4)16(26-5)11(3)7-22-14/h7-8,10H,6,9H2,1-5H3,(H2,21,23,24). The first-order valence-corrected chi connectivity index (χ1v) is 9.05. The van der Waals surface area contributed by atoms with Gasteiger partial charge in [-0.05, 0) is 31.7 Å². The number of halogens is 1. The number of rotatable bonds is 5. The lowest BCUT2D eigenvalue weighted by Gasteiger charge is -2.13. The van der Waals surface area contributed by atoms with Gasteiger partial charge in [0.1, 0.15) is 16.5 Å². The summed E-state index contributed by atoms with van der Waals surface area (Å²) in [6, 6.07) is 0. The number of methoxy groups -OCH3 is 1. The van der Waals surface area contributed by atoms with E-state index in [-0.39, 0.29) is 5.95 Å². The Morgan fingerprint density at radius 3 is 2.69 bits per heavy atom. The maximum absolute atomic E-state index is 6.40. The van der Waals surface area contributed by atoms with Crippen molar-refractivity contribution < 1.29 is 4.74 Å². The average Bonchev–Trinajstić information content (AvgIpc) is 2.96. The van der Waals surface area contributed by atoms with E-state index in [2.05, 4.69) is 35.0 Å². The maximum atomic E-state index is 6.40. The topological polar surface area (TPSA) is 78.8 Å². The molecule has 3 aromatic rings. The van der Waals surface area contributed by atoms with Gasteiger partial charge in [0.05, 0.1) is 24.7 Å². The van der Waals surface area contributed by atoms with E-state index >= 15 is 0 Å². The van der Waals surface area contributed by atoms with Gasteiger partial charge in [-0.2, -0.15) is 4.98 Å². The SMILES string of the molecule is CCC(C)c1cn(Cc2ncc(C)c(OC)c2C)c2nc(N)nc(Cl)c12. The molecule has 0 spiro atoms. The van der Waals surface area contributed by atoms with Crippen molar-refractivity contribution in [2.45, 2.75) is 46.6 Å². The molecule has 0 fully saturated rings. The summed E-state index contributed by atoms with van der Waals surface area (Å²) in [5.74, 6) is 1.37. The zero-order chi connectivity index (χ0) is 19.0. The van der Waals surface area contributed by atoms with Crippen LogP contribution in [0.3, 0.4) is 0 Å². The molecule has 0 aliphatic rings. The van der Waals surface area contributed by atoms with Crippen molar-refractivity contribution >= 4 is 28.6 Å². The third-order valence-electron chi connectivity index (χ3n) is 4.93. The smallest absolute Gasteiger partial charge is 0.223 e. The summed E-state index contributed by atoms with van der Waals surface area (Å²) in [6.45, 7) is 8.89. The number of aryl methyl sites for hydroxylation is 1. The van der Waals surface area contributed by atoms with E-state index in [1.54, 1.807) is 7.11 Å². The van der Waals surface area contributed by atoms with Gasteiger partial charge in [-0.25, -0.2) is 4.98 Å². The second-order valence-electron chi connectivity index (χ2n) is 6.64. The van der Waals surface area contributed by atoms with Gasteiger partial charge in [0.2, 0.25) is 5.95 Å². The number of hydrogen-bond acceptors (Lipinski definition) is 5. The predicted molar refractivity (Wildman–Crippen MR) is 105 cm³/mol. The second-order valence-corrected chi connectivity index (χ2v) is 7.00. The number of aromatic nitrogens is 4. The molecule has 3 heterocycles. The predicted octanol–water partition coefficient (Wildman–Crippen LogP) is 4.25. The van der Waals surface area contributed by atoms with E-state index in [1.165, 1.54) is 0 Å². The molecule has 2 N–H and O–H groups in total. The molecule has 3 rings (SSSR count). The minimum atomic E-state index is 0.170. The van der Waals surface area contributed by atoms with Crippen LogP contribution in [-0.4, -0.2) is 26.6 Å². The van der Waals surface area contributed by atoms with E-state index in [1.807, 2.05) is 24.6 Å². The van der Waals surface area contributed by atoms with Crippen molar-refractivity contribution in [3.05, 3.63) is 39.9 Å². The number of nitrogen functional groups attached to an aromatic ring is 1. The van der Waals surface area contributed by atoms with Crippen LogP contribution >= 0.6 is 11.6 Å². The maximum Gasteiger partial charge on any atom is 0.223 e. The van der Waals surface area contributed by atoms with Crippen molar-refractivity contribution in [3.8, 4) is 5.75 Å². The lowest BCUT2D eigenvalue weighted by Crippen LogP contribution is -2.07. The number of nitrogens with two attached hydrogens (primary N) is 1. The monoisotopic (exact) mass is 373 g/mol. The highest BCUT2D eigenvalue weighted by atomic mass is 35.5. The molecule has 0 bridgehead atoms. The summed E-state index contributed by atoms with van der Waals surface area (Å²) in [6.07, 6.45) is 4.92. The van der Waals surface area contributed by atoms with Crippen molar-refractivity contribution in [1.29, 1.82) is 0 Å². The normalized spacial score (nSPS) is 12.5. The van der Waals surface area contributed by atoms with Crippen molar-refractivity contribution in [3.63, 3.8) is 0 Å². The van der Waals surface area contributed by atoms with E-state index in [0.29, 0.717) is 17.6 Å². The van der Waals surface area contributed by atoms with E-state index in [0.717, 1.165) is 45.6 Å². The Bertz CT molecular complexity index is 966. The van der Waals surface area contributed by atoms with E-state index < -0.39 is 0 Å². The largest absolute Gasteiger partial charge is 0.496 e. The highest BCUT2D eigenvalue weighted by molar-refractivity contribution is 6.34. The molecule has 0 saturated carbocycles. The molecule has 0 radical (unpaired) electrons. The summed E-state index contributed by atoms with van der Waals surface area (Å²) < 4.78 is 7.57. The molecule has 138 valence electrons. The molecule has 1 unspecified atom stereocenters. The third kappa shape index (κ3) is 3.09. The van der Waals surface area contributed by atoms with Crippen LogP contribution in [-0.2, 0) is 6.54 Å². The Morgan fingerprint density at radius 1 is 1.31 bits per heavy atom. The van der Waals surface area contributed by atoms with Crippen molar-refractivity contribution in [2.24, 2.45) is 0 Å². The molecular weight excluding hydrogens is 350 g/mol. The number of nitrogens with zero attached hydrogens (tertiary/aromatic N) is 4. The number of anilines is 1. The zero-order valence-corrected chi connectivity index (χ0v) is 16.6. The Balaban J connectivity index is 2.17. The molecule has 0 aliphatic carbocycles. The van der Waals surface area contributed by atoms with Crippen LogP contribution in [0.15, 0.2) is 12.4 Å². The summed E-state index contributed by atoms with van der Waals surface area (Å²) in [7, 11) is 1.68. The van der Waals surface area contributed by atoms with E-state index in [9.17, 15) is 0 Å². The minimum Gasteiger partial charge on any atom is -0.496 e. The van der Waals surface area contributed by atoms with Crippen LogP contribution in [0, 0.1) is 13.8 Å². The molecule has 0 saturated heterocycles. The minimum absolute atomic E-state index is 0.170. The van der Waals surface area contributed by atoms with Crippen LogP contribution in [0.4, 0.5) is 5.95 Å². The van der Waals surface area contributed by atoms with Gasteiger partial charge in [-0.1, -0.05) is 25.4 Å². The summed E-state index contributed by atoms with van der Waals surface area (Å²) in [5, 5.41) is 1.26. The molecule has 3 aromatic heterocycles. The summed E-state index contributed by atoms with van der Waals surface area (Å²) >= 11 is 6.40. The number of pyridine rings is 1. The van der Waals surface area contributed by atoms with Crippen LogP contribution in [0.2, 0.25) is 5.15 Å². The van der Waals surface area contributed by atoms with Gasteiger partial charge in [-0.15, -0.1) is 0 Å². The Hall–Kier alpha value is -2.34. The summed E-state index contributed by atoms with van der Waals surface area (Å²) in [5.41, 5.74) is 10.7. The fraction of sp³-hybridized carbons (Fsp3) is 0.421. The van der Waals surface area contributed by atoms with Crippen LogP contribution in [0.5, 0.6) is 5.75 Å². The highest BCUT2D eigenvalue weighted by Gasteiger charge is 2.20. The lowest BCUT2D eigenvalue weighted by molar-refractivity contribution is 0.406. The van der Waals surface area contributed by atoms with Gasteiger partial charge < -0.3 is 15.0 Å². The first kappa shape index (κ1) is 18.5. The molecule has 1 atom stereocenters. The van der Waals surface area contributed by atoms with Gasteiger partial charge in [-0.3, -0.25) is 4.98 Å². The van der Waals surface area contributed by atoms with Crippen LogP contribution in [0.25, 0.3) is 11.0 Å². The van der Waals surface area contributed by atoms with Crippen molar-refractivity contribution in [1.82, 2.24) is 19.5 Å².